The molecule has 2 aromatic rings. The molecule has 1 heterocycles. The number of rotatable bonds is 4. The van der Waals surface area contributed by atoms with Crippen LogP contribution in [0.1, 0.15) is 31.9 Å². The lowest BCUT2D eigenvalue weighted by atomic mass is 10.2. The molecule has 0 aliphatic heterocycles. The Morgan fingerprint density at radius 3 is 2.37 bits per heavy atom. The van der Waals surface area contributed by atoms with Crippen molar-refractivity contribution in [1.29, 1.82) is 0 Å². The minimum atomic E-state index is -0.236. The largest absolute Gasteiger partial charge is 0.473 e. The number of nitrogens with zero attached hydrogens (tertiary/aromatic N) is 1. The highest BCUT2D eigenvalue weighted by Gasteiger charge is 1.99. The third-order valence-electron chi connectivity index (χ3n) is 2.51. The van der Waals surface area contributed by atoms with Crippen molar-refractivity contribution in [2.24, 2.45) is 0 Å². The molecule has 0 N–H and O–H groups in total. The molecule has 2 nitrogen and oxygen atoms in total. The van der Waals surface area contributed by atoms with E-state index in [0.29, 0.717) is 12.5 Å². The Bertz CT molecular complexity index is 482. The Hall–Kier alpha value is -1.90. The monoisotopic (exact) mass is 261 g/mol. The maximum absolute atomic E-state index is 12.7. The first-order chi connectivity index (χ1) is 9.28. The highest BCUT2D eigenvalue weighted by atomic mass is 19.1. The normalized spacial score (nSPS) is 9.47. The standard InChI is InChI=1S/C14H14FNO.C2H6/c1-2-11-7-8-16-14(9-11)17-10-12-3-5-13(15)6-4-12;1-2/h3-9H,2,10H2,1H3;1-2H3. The van der Waals surface area contributed by atoms with Crippen molar-refractivity contribution < 1.29 is 9.13 Å². The van der Waals surface area contributed by atoms with Crippen LogP contribution in [-0.4, -0.2) is 4.98 Å². The number of halogens is 1. The number of ether oxygens (including phenoxy) is 1. The first-order valence-corrected chi connectivity index (χ1v) is 6.60. The van der Waals surface area contributed by atoms with Gasteiger partial charge in [0.15, 0.2) is 0 Å². The summed E-state index contributed by atoms with van der Waals surface area (Å²) in [6.45, 7) is 6.49. The summed E-state index contributed by atoms with van der Waals surface area (Å²) in [5, 5.41) is 0. The molecular weight excluding hydrogens is 241 g/mol. The minimum Gasteiger partial charge on any atom is -0.473 e. The lowest BCUT2D eigenvalue weighted by Crippen LogP contribution is -1.97. The fourth-order valence-electron chi connectivity index (χ4n) is 1.49. The second-order valence-corrected chi connectivity index (χ2v) is 3.77. The van der Waals surface area contributed by atoms with Crippen LogP contribution >= 0.6 is 0 Å². The molecule has 0 amide bonds. The molecule has 0 spiro atoms. The molecule has 102 valence electrons. The molecule has 0 aliphatic carbocycles. The van der Waals surface area contributed by atoms with Gasteiger partial charge in [-0.25, -0.2) is 9.37 Å². The van der Waals surface area contributed by atoms with E-state index in [1.165, 1.54) is 17.7 Å². The number of hydrogen-bond donors (Lipinski definition) is 0. The molecule has 0 fully saturated rings. The SMILES string of the molecule is CC.CCc1ccnc(OCc2ccc(F)cc2)c1. The molecule has 0 aliphatic rings. The van der Waals surface area contributed by atoms with Crippen LogP contribution in [0.5, 0.6) is 5.88 Å². The smallest absolute Gasteiger partial charge is 0.213 e. The van der Waals surface area contributed by atoms with Gasteiger partial charge in [-0.2, -0.15) is 0 Å². The van der Waals surface area contributed by atoms with Gasteiger partial charge in [-0.05, 0) is 35.7 Å². The third-order valence-corrected chi connectivity index (χ3v) is 2.51. The van der Waals surface area contributed by atoms with Gasteiger partial charge in [-0.3, -0.25) is 0 Å². The average molecular weight is 261 g/mol. The summed E-state index contributed by atoms with van der Waals surface area (Å²) in [4.78, 5) is 4.12. The van der Waals surface area contributed by atoms with E-state index < -0.39 is 0 Å². The summed E-state index contributed by atoms with van der Waals surface area (Å²) < 4.78 is 18.2. The lowest BCUT2D eigenvalue weighted by Gasteiger charge is -2.06. The Morgan fingerprint density at radius 1 is 1.05 bits per heavy atom. The van der Waals surface area contributed by atoms with Crippen LogP contribution in [0.2, 0.25) is 0 Å². The molecule has 0 radical (unpaired) electrons. The van der Waals surface area contributed by atoms with Crippen LogP contribution < -0.4 is 4.74 Å². The minimum absolute atomic E-state index is 0.236. The zero-order valence-electron chi connectivity index (χ0n) is 11.7. The molecule has 2 rings (SSSR count). The Balaban J connectivity index is 0.000000861. The molecule has 0 saturated carbocycles. The van der Waals surface area contributed by atoms with Crippen molar-refractivity contribution in [1.82, 2.24) is 4.98 Å². The van der Waals surface area contributed by atoms with Gasteiger partial charge >= 0.3 is 0 Å². The van der Waals surface area contributed by atoms with E-state index >= 15 is 0 Å². The van der Waals surface area contributed by atoms with Crippen molar-refractivity contribution in [2.75, 3.05) is 0 Å². The van der Waals surface area contributed by atoms with Crippen molar-refractivity contribution >= 4 is 0 Å². The van der Waals surface area contributed by atoms with Gasteiger partial charge in [0.25, 0.3) is 0 Å². The summed E-state index contributed by atoms with van der Waals surface area (Å²) in [5.41, 5.74) is 2.12. The summed E-state index contributed by atoms with van der Waals surface area (Å²) >= 11 is 0. The zero-order valence-corrected chi connectivity index (χ0v) is 11.7. The van der Waals surface area contributed by atoms with E-state index in [1.807, 2.05) is 26.0 Å². The number of aryl methyl sites for hydroxylation is 1. The Kier molecular flexibility index (Phi) is 6.58. The van der Waals surface area contributed by atoms with E-state index in [4.69, 9.17) is 4.74 Å². The van der Waals surface area contributed by atoms with Crippen LogP contribution in [0.25, 0.3) is 0 Å². The van der Waals surface area contributed by atoms with E-state index in [2.05, 4.69) is 11.9 Å². The highest BCUT2D eigenvalue weighted by molar-refractivity contribution is 5.21. The summed E-state index contributed by atoms with van der Waals surface area (Å²) in [5.74, 6) is 0.369. The van der Waals surface area contributed by atoms with Gasteiger partial charge < -0.3 is 4.74 Å². The third kappa shape index (κ3) is 5.08. The van der Waals surface area contributed by atoms with Gasteiger partial charge in [-0.1, -0.05) is 32.9 Å². The van der Waals surface area contributed by atoms with Gasteiger partial charge in [0.05, 0.1) is 0 Å². The van der Waals surface area contributed by atoms with Gasteiger partial charge in [-0.15, -0.1) is 0 Å². The Morgan fingerprint density at radius 2 is 1.74 bits per heavy atom. The second-order valence-electron chi connectivity index (χ2n) is 3.77. The molecule has 0 bridgehead atoms. The predicted octanol–water partition coefficient (Wildman–Crippen LogP) is 4.39. The molecule has 19 heavy (non-hydrogen) atoms. The van der Waals surface area contributed by atoms with Crippen LogP contribution in [0.3, 0.4) is 0 Å². The lowest BCUT2D eigenvalue weighted by molar-refractivity contribution is 0.293. The van der Waals surface area contributed by atoms with Crippen molar-refractivity contribution in [3.05, 3.63) is 59.5 Å². The first kappa shape index (κ1) is 15.2. The topological polar surface area (TPSA) is 22.1 Å². The van der Waals surface area contributed by atoms with E-state index in [-0.39, 0.29) is 5.82 Å². The van der Waals surface area contributed by atoms with Crippen LogP contribution in [-0.2, 0) is 13.0 Å². The van der Waals surface area contributed by atoms with Gasteiger partial charge in [0, 0.05) is 12.3 Å². The number of aromatic nitrogens is 1. The fourth-order valence-corrected chi connectivity index (χ4v) is 1.49. The molecular formula is C16H20FNO. The van der Waals surface area contributed by atoms with Crippen LogP contribution in [0.4, 0.5) is 4.39 Å². The molecule has 0 atom stereocenters. The zero-order chi connectivity index (χ0) is 14.1. The predicted molar refractivity (Wildman–Crippen MR) is 75.7 cm³/mol. The molecule has 0 saturated heterocycles. The van der Waals surface area contributed by atoms with E-state index in [9.17, 15) is 4.39 Å². The second kappa shape index (κ2) is 8.25. The molecule has 0 unspecified atom stereocenters. The highest BCUT2D eigenvalue weighted by Crippen LogP contribution is 2.12. The number of pyridine rings is 1. The number of benzene rings is 1. The quantitative estimate of drug-likeness (QED) is 0.814. The van der Waals surface area contributed by atoms with Gasteiger partial charge in [0.2, 0.25) is 5.88 Å². The summed E-state index contributed by atoms with van der Waals surface area (Å²) in [6.07, 6.45) is 2.69. The van der Waals surface area contributed by atoms with Crippen LogP contribution in [0.15, 0.2) is 42.6 Å². The maximum atomic E-state index is 12.7. The number of hydrogen-bond acceptors (Lipinski definition) is 2. The van der Waals surface area contributed by atoms with Crippen LogP contribution in [0, 0.1) is 5.82 Å². The molecule has 3 heteroatoms. The summed E-state index contributed by atoms with van der Waals surface area (Å²) in [6, 6.07) is 10.1. The van der Waals surface area contributed by atoms with E-state index in [1.54, 1.807) is 18.3 Å². The van der Waals surface area contributed by atoms with Crippen molar-refractivity contribution in [3.8, 4) is 5.88 Å². The van der Waals surface area contributed by atoms with Crippen molar-refractivity contribution in [3.63, 3.8) is 0 Å². The van der Waals surface area contributed by atoms with Crippen molar-refractivity contribution in [2.45, 2.75) is 33.8 Å². The van der Waals surface area contributed by atoms with E-state index in [0.717, 1.165) is 12.0 Å². The average Bonchev–Trinajstić information content (AvgIpc) is 2.49. The Labute approximate surface area is 114 Å². The molecule has 1 aromatic carbocycles. The van der Waals surface area contributed by atoms with Gasteiger partial charge in [0.1, 0.15) is 12.4 Å². The molecule has 1 aromatic heterocycles. The first-order valence-electron chi connectivity index (χ1n) is 6.60. The maximum Gasteiger partial charge on any atom is 0.213 e. The summed E-state index contributed by atoms with van der Waals surface area (Å²) in [7, 11) is 0. The fraction of sp³-hybridized carbons (Fsp3) is 0.312.